The van der Waals surface area contributed by atoms with Gasteiger partial charge in [-0.25, -0.2) is 0 Å². The van der Waals surface area contributed by atoms with E-state index in [2.05, 4.69) is 0 Å². The Kier molecular flexibility index (Phi) is 5.62. The lowest BCUT2D eigenvalue weighted by atomic mass is 9.73. The van der Waals surface area contributed by atoms with Gasteiger partial charge in [-0.1, -0.05) is 30.3 Å². The molecule has 1 aromatic rings. The molecule has 17 heavy (non-hydrogen) atoms. The van der Waals surface area contributed by atoms with Crippen LogP contribution < -0.4 is 5.73 Å². The topological polar surface area (TPSA) is 55.5 Å². The van der Waals surface area contributed by atoms with Crippen molar-refractivity contribution in [2.45, 2.75) is 31.3 Å². The standard InChI is InChI=1S/C14H23NO2/c1-12(16)14(11-15,9-6-10-17-2)13-7-4-3-5-8-13/h3-5,7-8,12,16H,6,9-11,15H2,1-2H3. The average molecular weight is 237 g/mol. The lowest BCUT2D eigenvalue weighted by molar-refractivity contribution is 0.0847. The molecule has 3 N–H and O–H groups in total. The normalized spacial score (nSPS) is 16.5. The molecule has 0 radical (unpaired) electrons. The number of ether oxygens (including phenoxy) is 1. The zero-order chi connectivity index (χ0) is 12.7. The second kappa shape index (κ2) is 6.74. The van der Waals surface area contributed by atoms with Gasteiger partial charge in [-0.2, -0.15) is 0 Å². The Labute approximate surface area is 104 Å². The third-order valence-corrected chi connectivity index (χ3v) is 3.48. The summed E-state index contributed by atoms with van der Waals surface area (Å²) in [5, 5.41) is 10.1. The highest BCUT2D eigenvalue weighted by Crippen LogP contribution is 2.32. The van der Waals surface area contributed by atoms with Crippen LogP contribution in [-0.2, 0) is 10.2 Å². The number of hydrogen-bond donors (Lipinski definition) is 2. The number of methoxy groups -OCH3 is 1. The summed E-state index contributed by atoms with van der Waals surface area (Å²) in [4.78, 5) is 0. The summed E-state index contributed by atoms with van der Waals surface area (Å²) in [7, 11) is 1.69. The SMILES string of the molecule is COCCCC(CN)(c1ccccc1)C(C)O. The van der Waals surface area contributed by atoms with E-state index < -0.39 is 6.10 Å². The fraction of sp³-hybridized carbons (Fsp3) is 0.571. The number of aliphatic hydroxyl groups is 1. The molecule has 0 aliphatic rings. The largest absolute Gasteiger partial charge is 0.392 e. The Bertz CT molecular complexity index is 313. The van der Waals surface area contributed by atoms with Crippen LogP contribution in [0.15, 0.2) is 30.3 Å². The summed E-state index contributed by atoms with van der Waals surface area (Å²) >= 11 is 0. The molecule has 0 bridgehead atoms. The number of nitrogens with two attached hydrogens (primary N) is 1. The maximum Gasteiger partial charge on any atom is 0.0620 e. The quantitative estimate of drug-likeness (QED) is 0.710. The first-order chi connectivity index (χ1) is 8.17. The number of aliphatic hydroxyl groups excluding tert-OH is 1. The van der Waals surface area contributed by atoms with E-state index in [9.17, 15) is 5.11 Å². The second-order valence-corrected chi connectivity index (χ2v) is 4.50. The van der Waals surface area contributed by atoms with Crippen molar-refractivity contribution in [3.63, 3.8) is 0 Å². The number of rotatable bonds is 7. The van der Waals surface area contributed by atoms with Gasteiger partial charge in [0.15, 0.2) is 0 Å². The molecule has 1 aromatic carbocycles. The van der Waals surface area contributed by atoms with Crippen LogP contribution in [-0.4, -0.2) is 31.5 Å². The Hall–Kier alpha value is -0.900. The molecule has 0 aliphatic carbocycles. The molecule has 0 amide bonds. The molecule has 0 saturated heterocycles. The lowest BCUT2D eigenvalue weighted by Gasteiger charge is -2.36. The first kappa shape index (κ1) is 14.2. The van der Waals surface area contributed by atoms with E-state index >= 15 is 0 Å². The Morgan fingerprint density at radius 3 is 2.47 bits per heavy atom. The zero-order valence-electron chi connectivity index (χ0n) is 10.7. The highest BCUT2D eigenvalue weighted by Gasteiger charge is 2.35. The molecule has 3 nitrogen and oxygen atoms in total. The van der Waals surface area contributed by atoms with Crippen molar-refractivity contribution >= 4 is 0 Å². The van der Waals surface area contributed by atoms with E-state index in [1.165, 1.54) is 0 Å². The van der Waals surface area contributed by atoms with Gasteiger partial charge in [0, 0.05) is 25.7 Å². The number of hydrogen-bond acceptors (Lipinski definition) is 3. The third-order valence-electron chi connectivity index (χ3n) is 3.48. The summed E-state index contributed by atoms with van der Waals surface area (Å²) in [5.41, 5.74) is 6.67. The summed E-state index contributed by atoms with van der Waals surface area (Å²) in [6, 6.07) is 10.0. The highest BCUT2D eigenvalue weighted by molar-refractivity contribution is 5.27. The monoisotopic (exact) mass is 237 g/mol. The van der Waals surface area contributed by atoms with Gasteiger partial charge in [-0.3, -0.25) is 0 Å². The van der Waals surface area contributed by atoms with Crippen LogP contribution in [0.1, 0.15) is 25.3 Å². The van der Waals surface area contributed by atoms with Crippen molar-refractivity contribution in [1.29, 1.82) is 0 Å². The fourth-order valence-electron chi connectivity index (χ4n) is 2.29. The second-order valence-electron chi connectivity index (χ2n) is 4.50. The molecule has 0 fully saturated rings. The van der Waals surface area contributed by atoms with Crippen molar-refractivity contribution in [2.24, 2.45) is 5.73 Å². The van der Waals surface area contributed by atoms with Gasteiger partial charge in [-0.05, 0) is 25.3 Å². The van der Waals surface area contributed by atoms with Crippen LogP contribution in [0.2, 0.25) is 0 Å². The van der Waals surface area contributed by atoms with Gasteiger partial charge in [0.2, 0.25) is 0 Å². The molecule has 3 heteroatoms. The van der Waals surface area contributed by atoms with Crippen LogP contribution in [0.4, 0.5) is 0 Å². The Morgan fingerprint density at radius 2 is 2.00 bits per heavy atom. The average Bonchev–Trinajstić information content (AvgIpc) is 2.36. The smallest absolute Gasteiger partial charge is 0.0620 e. The van der Waals surface area contributed by atoms with E-state index in [-0.39, 0.29) is 5.41 Å². The predicted octanol–water partition coefficient (Wildman–Crippen LogP) is 1.69. The first-order valence-electron chi connectivity index (χ1n) is 6.10. The lowest BCUT2D eigenvalue weighted by Crippen LogP contribution is -2.44. The molecule has 0 aliphatic heterocycles. The van der Waals surface area contributed by atoms with Gasteiger partial charge >= 0.3 is 0 Å². The summed E-state index contributed by atoms with van der Waals surface area (Å²) in [6.45, 7) is 2.95. The minimum atomic E-state index is -0.466. The summed E-state index contributed by atoms with van der Waals surface area (Å²) < 4.78 is 5.07. The molecule has 0 heterocycles. The third kappa shape index (κ3) is 3.28. The molecular formula is C14H23NO2. The van der Waals surface area contributed by atoms with E-state index in [1.54, 1.807) is 7.11 Å². The van der Waals surface area contributed by atoms with Crippen LogP contribution >= 0.6 is 0 Å². The van der Waals surface area contributed by atoms with Crippen molar-refractivity contribution < 1.29 is 9.84 Å². The molecule has 0 saturated carbocycles. The van der Waals surface area contributed by atoms with Crippen molar-refractivity contribution in [3.05, 3.63) is 35.9 Å². The molecule has 1 rings (SSSR count). The van der Waals surface area contributed by atoms with Crippen LogP contribution in [0, 0.1) is 0 Å². The Morgan fingerprint density at radius 1 is 1.35 bits per heavy atom. The van der Waals surface area contributed by atoms with E-state index in [4.69, 9.17) is 10.5 Å². The van der Waals surface area contributed by atoms with Crippen molar-refractivity contribution in [2.75, 3.05) is 20.3 Å². The first-order valence-corrected chi connectivity index (χ1v) is 6.10. The molecule has 0 aromatic heterocycles. The molecule has 2 atom stereocenters. The molecular weight excluding hydrogens is 214 g/mol. The summed E-state index contributed by atoms with van der Waals surface area (Å²) in [6.07, 6.45) is 1.26. The van der Waals surface area contributed by atoms with Gasteiger partial charge in [-0.15, -0.1) is 0 Å². The van der Waals surface area contributed by atoms with Crippen LogP contribution in [0.3, 0.4) is 0 Å². The zero-order valence-corrected chi connectivity index (χ0v) is 10.7. The maximum atomic E-state index is 10.1. The molecule has 0 spiro atoms. The minimum absolute atomic E-state index is 0.361. The van der Waals surface area contributed by atoms with E-state index in [1.807, 2.05) is 37.3 Å². The highest BCUT2D eigenvalue weighted by atomic mass is 16.5. The Balaban J connectivity index is 2.92. The molecule has 2 unspecified atom stereocenters. The number of benzene rings is 1. The van der Waals surface area contributed by atoms with E-state index in [0.29, 0.717) is 13.2 Å². The van der Waals surface area contributed by atoms with Gasteiger partial charge in [0.05, 0.1) is 6.10 Å². The predicted molar refractivity (Wildman–Crippen MR) is 70.0 cm³/mol. The van der Waals surface area contributed by atoms with E-state index in [0.717, 1.165) is 18.4 Å². The van der Waals surface area contributed by atoms with Crippen LogP contribution in [0.5, 0.6) is 0 Å². The minimum Gasteiger partial charge on any atom is -0.392 e. The van der Waals surface area contributed by atoms with Crippen molar-refractivity contribution in [1.82, 2.24) is 0 Å². The van der Waals surface area contributed by atoms with Gasteiger partial charge in [0.1, 0.15) is 0 Å². The van der Waals surface area contributed by atoms with Gasteiger partial charge in [0.25, 0.3) is 0 Å². The maximum absolute atomic E-state index is 10.1. The van der Waals surface area contributed by atoms with Gasteiger partial charge < -0.3 is 15.6 Å². The van der Waals surface area contributed by atoms with Crippen molar-refractivity contribution in [3.8, 4) is 0 Å². The van der Waals surface area contributed by atoms with Crippen LogP contribution in [0.25, 0.3) is 0 Å². The fourth-order valence-corrected chi connectivity index (χ4v) is 2.29. The molecule has 96 valence electrons. The summed E-state index contributed by atoms with van der Waals surface area (Å²) in [5.74, 6) is 0.